The van der Waals surface area contributed by atoms with Crippen LogP contribution >= 0.6 is 35.3 Å². The monoisotopic (exact) mass is 409 g/mol. The number of nitrogens with zero attached hydrogens (tertiary/aromatic N) is 2. The van der Waals surface area contributed by atoms with Gasteiger partial charge in [-0.25, -0.2) is 4.99 Å². The Bertz CT molecular complexity index is 393. The smallest absolute Gasteiger partial charge is 0.194 e. The van der Waals surface area contributed by atoms with Crippen molar-refractivity contribution < 1.29 is 5.11 Å². The van der Waals surface area contributed by atoms with Crippen LogP contribution < -0.4 is 5.32 Å². The number of guanidine groups is 1. The fourth-order valence-corrected chi connectivity index (χ4v) is 2.84. The van der Waals surface area contributed by atoms with E-state index in [0.29, 0.717) is 13.1 Å². The van der Waals surface area contributed by atoms with Crippen LogP contribution in [0.25, 0.3) is 0 Å². The molecule has 0 aromatic carbocycles. The van der Waals surface area contributed by atoms with Gasteiger partial charge in [0.1, 0.15) is 0 Å². The number of hydrogen-bond acceptors (Lipinski definition) is 3. The number of aliphatic hydroxyl groups excluding tert-OH is 1. The Labute approximate surface area is 142 Å². The predicted octanol–water partition coefficient (Wildman–Crippen LogP) is 2.54. The van der Waals surface area contributed by atoms with E-state index in [2.05, 4.69) is 39.1 Å². The molecule has 0 atom stereocenters. The lowest BCUT2D eigenvalue weighted by molar-refractivity contribution is 0.252. The Morgan fingerprint density at radius 2 is 2.35 bits per heavy atom. The minimum atomic E-state index is 0. The number of rotatable bonds is 6. The van der Waals surface area contributed by atoms with Crippen LogP contribution in [0.15, 0.2) is 21.8 Å². The first-order valence-electron chi connectivity index (χ1n) is 6.91. The van der Waals surface area contributed by atoms with Crippen molar-refractivity contribution in [3.05, 3.63) is 22.4 Å². The van der Waals surface area contributed by atoms with E-state index in [0.717, 1.165) is 18.4 Å². The summed E-state index contributed by atoms with van der Waals surface area (Å²) in [6.07, 6.45) is 4.04. The maximum absolute atomic E-state index is 8.95. The standard InChI is InChI=1S/C14H23N3OS.HI/c1-17(10-12-3-2-4-12)14(15-6-7-18)16-9-13-5-8-19-11-13;/h5,8,11-12,18H,2-4,6-7,9-10H2,1H3,(H,15,16);1H. The molecule has 1 saturated carbocycles. The highest BCUT2D eigenvalue weighted by Gasteiger charge is 2.20. The van der Waals surface area contributed by atoms with Crippen LogP contribution in [0.2, 0.25) is 0 Å². The van der Waals surface area contributed by atoms with E-state index in [1.54, 1.807) is 11.3 Å². The normalized spacial score (nSPS) is 15.4. The zero-order chi connectivity index (χ0) is 13.5. The predicted molar refractivity (Wildman–Crippen MR) is 95.9 cm³/mol. The summed E-state index contributed by atoms with van der Waals surface area (Å²) in [6, 6.07) is 2.10. The first-order chi connectivity index (χ1) is 9.29. The van der Waals surface area contributed by atoms with Crippen molar-refractivity contribution >= 4 is 41.3 Å². The van der Waals surface area contributed by atoms with Crippen LogP contribution in [0.5, 0.6) is 0 Å². The number of nitrogens with one attached hydrogen (secondary N) is 1. The van der Waals surface area contributed by atoms with Gasteiger partial charge in [0, 0.05) is 20.1 Å². The van der Waals surface area contributed by atoms with Crippen molar-refractivity contribution in [2.75, 3.05) is 26.7 Å². The molecule has 0 unspecified atom stereocenters. The highest BCUT2D eigenvalue weighted by atomic mass is 127. The molecular formula is C14H24IN3OS. The van der Waals surface area contributed by atoms with Gasteiger partial charge in [-0.05, 0) is 41.1 Å². The first-order valence-corrected chi connectivity index (χ1v) is 7.85. The third kappa shape index (κ3) is 5.57. The van der Waals surface area contributed by atoms with Gasteiger partial charge in [-0.2, -0.15) is 11.3 Å². The number of aliphatic hydroxyl groups is 1. The van der Waals surface area contributed by atoms with Crippen LogP contribution in [0.3, 0.4) is 0 Å². The van der Waals surface area contributed by atoms with Crippen LogP contribution in [0.4, 0.5) is 0 Å². The fourth-order valence-electron chi connectivity index (χ4n) is 2.18. The molecular weight excluding hydrogens is 385 g/mol. The molecule has 1 aromatic heterocycles. The SMILES string of the molecule is CN(CC1CCC1)C(=NCc1ccsc1)NCCO.I. The molecule has 0 amide bonds. The summed E-state index contributed by atoms with van der Waals surface area (Å²) in [5.41, 5.74) is 1.24. The third-order valence-electron chi connectivity index (χ3n) is 3.50. The van der Waals surface area contributed by atoms with E-state index in [1.807, 2.05) is 0 Å². The van der Waals surface area contributed by atoms with Crippen LogP contribution in [0.1, 0.15) is 24.8 Å². The second kappa shape index (κ2) is 9.57. The summed E-state index contributed by atoms with van der Waals surface area (Å²) in [4.78, 5) is 6.83. The molecule has 0 saturated heterocycles. The molecule has 4 nitrogen and oxygen atoms in total. The molecule has 1 fully saturated rings. The van der Waals surface area contributed by atoms with Crippen molar-refractivity contribution in [1.82, 2.24) is 10.2 Å². The molecule has 1 aliphatic carbocycles. The lowest BCUT2D eigenvalue weighted by Crippen LogP contribution is -2.43. The second-order valence-corrected chi connectivity index (χ2v) is 5.88. The van der Waals surface area contributed by atoms with Crippen molar-refractivity contribution in [3.8, 4) is 0 Å². The van der Waals surface area contributed by atoms with Gasteiger partial charge in [0.25, 0.3) is 0 Å². The molecule has 1 aliphatic rings. The van der Waals surface area contributed by atoms with Gasteiger partial charge in [0.15, 0.2) is 5.96 Å². The van der Waals surface area contributed by atoms with E-state index in [9.17, 15) is 0 Å². The maximum atomic E-state index is 8.95. The largest absolute Gasteiger partial charge is 0.395 e. The van der Waals surface area contributed by atoms with E-state index < -0.39 is 0 Å². The van der Waals surface area contributed by atoms with Crippen molar-refractivity contribution in [1.29, 1.82) is 0 Å². The minimum absolute atomic E-state index is 0. The molecule has 114 valence electrons. The molecule has 0 radical (unpaired) electrons. The zero-order valence-electron chi connectivity index (χ0n) is 11.9. The summed E-state index contributed by atoms with van der Waals surface area (Å²) in [7, 11) is 2.08. The Morgan fingerprint density at radius 3 is 2.90 bits per heavy atom. The van der Waals surface area contributed by atoms with E-state index in [4.69, 9.17) is 5.11 Å². The lowest BCUT2D eigenvalue weighted by atomic mass is 9.85. The average molecular weight is 409 g/mol. The number of aliphatic imine (C=N–C) groups is 1. The highest BCUT2D eigenvalue weighted by Crippen LogP contribution is 2.26. The van der Waals surface area contributed by atoms with E-state index in [-0.39, 0.29) is 30.6 Å². The maximum Gasteiger partial charge on any atom is 0.194 e. The number of thiophene rings is 1. The van der Waals surface area contributed by atoms with Crippen LogP contribution in [-0.2, 0) is 6.54 Å². The Balaban J connectivity index is 0.00000200. The van der Waals surface area contributed by atoms with Crippen molar-refractivity contribution in [2.24, 2.45) is 10.9 Å². The van der Waals surface area contributed by atoms with Crippen LogP contribution in [0, 0.1) is 5.92 Å². The molecule has 2 N–H and O–H groups in total. The summed E-state index contributed by atoms with van der Waals surface area (Å²) in [6.45, 7) is 2.44. The average Bonchev–Trinajstić information content (AvgIpc) is 2.87. The molecule has 20 heavy (non-hydrogen) atoms. The molecule has 6 heteroatoms. The Kier molecular flexibility index (Phi) is 8.47. The molecule has 0 spiro atoms. The molecule has 1 aromatic rings. The molecule has 0 aliphatic heterocycles. The van der Waals surface area contributed by atoms with Gasteiger partial charge >= 0.3 is 0 Å². The van der Waals surface area contributed by atoms with Gasteiger partial charge in [0.05, 0.1) is 13.2 Å². The highest BCUT2D eigenvalue weighted by molar-refractivity contribution is 14.0. The summed E-state index contributed by atoms with van der Waals surface area (Å²) < 4.78 is 0. The van der Waals surface area contributed by atoms with Gasteiger partial charge < -0.3 is 15.3 Å². The van der Waals surface area contributed by atoms with Crippen LogP contribution in [-0.4, -0.2) is 42.7 Å². The fraction of sp³-hybridized carbons (Fsp3) is 0.643. The second-order valence-electron chi connectivity index (χ2n) is 5.10. The Hall–Kier alpha value is -0.340. The first kappa shape index (κ1) is 17.7. The minimum Gasteiger partial charge on any atom is -0.395 e. The molecule has 2 rings (SSSR count). The molecule has 1 heterocycles. The van der Waals surface area contributed by atoms with E-state index in [1.165, 1.54) is 24.8 Å². The Morgan fingerprint density at radius 1 is 1.55 bits per heavy atom. The summed E-state index contributed by atoms with van der Waals surface area (Å²) in [5, 5.41) is 16.4. The van der Waals surface area contributed by atoms with E-state index >= 15 is 0 Å². The quantitative estimate of drug-likeness (QED) is 0.431. The van der Waals surface area contributed by atoms with Crippen molar-refractivity contribution in [3.63, 3.8) is 0 Å². The lowest BCUT2D eigenvalue weighted by Gasteiger charge is -2.32. The zero-order valence-corrected chi connectivity index (χ0v) is 15.1. The topological polar surface area (TPSA) is 47.9 Å². The van der Waals surface area contributed by atoms with Gasteiger partial charge in [-0.1, -0.05) is 6.42 Å². The van der Waals surface area contributed by atoms with Gasteiger partial charge in [-0.15, -0.1) is 24.0 Å². The number of halogens is 1. The summed E-state index contributed by atoms with van der Waals surface area (Å²) >= 11 is 1.70. The molecule has 0 bridgehead atoms. The van der Waals surface area contributed by atoms with Crippen molar-refractivity contribution in [2.45, 2.75) is 25.8 Å². The van der Waals surface area contributed by atoms with Gasteiger partial charge in [0.2, 0.25) is 0 Å². The van der Waals surface area contributed by atoms with Gasteiger partial charge in [-0.3, -0.25) is 0 Å². The summed E-state index contributed by atoms with van der Waals surface area (Å²) in [5.74, 6) is 1.71. The number of hydrogen-bond donors (Lipinski definition) is 2. The third-order valence-corrected chi connectivity index (χ3v) is 4.24.